The van der Waals surface area contributed by atoms with Crippen LogP contribution in [0.2, 0.25) is 0 Å². The molecule has 5 nitrogen and oxygen atoms in total. The van der Waals surface area contributed by atoms with Crippen molar-refractivity contribution in [3.05, 3.63) is 45.6 Å². The summed E-state index contributed by atoms with van der Waals surface area (Å²) in [5, 5.41) is 2.14. The predicted octanol–water partition coefficient (Wildman–Crippen LogP) is 4.63. The van der Waals surface area contributed by atoms with Gasteiger partial charge in [-0.3, -0.25) is 4.79 Å². The first kappa shape index (κ1) is 21.7. The van der Waals surface area contributed by atoms with E-state index in [0.717, 1.165) is 31.2 Å². The Hall–Kier alpha value is -2.05. The third-order valence-corrected chi connectivity index (χ3v) is 6.63. The fourth-order valence-corrected chi connectivity index (χ4v) is 4.61. The van der Waals surface area contributed by atoms with Crippen molar-refractivity contribution in [2.75, 3.05) is 20.8 Å². The van der Waals surface area contributed by atoms with E-state index in [-0.39, 0.29) is 11.4 Å². The third kappa shape index (κ3) is 5.52. The fourth-order valence-electron chi connectivity index (χ4n) is 3.85. The normalized spacial score (nSPS) is 15.3. The van der Waals surface area contributed by atoms with Crippen LogP contribution in [-0.2, 0) is 13.0 Å². The van der Waals surface area contributed by atoms with Crippen molar-refractivity contribution in [1.29, 1.82) is 0 Å². The summed E-state index contributed by atoms with van der Waals surface area (Å²) in [5.74, 6) is 1.30. The van der Waals surface area contributed by atoms with Gasteiger partial charge in [0.2, 0.25) is 0 Å². The number of hydrogen-bond donors (Lipinski definition) is 1. The third-order valence-electron chi connectivity index (χ3n) is 5.69. The summed E-state index contributed by atoms with van der Waals surface area (Å²) >= 11 is 1.83. The van der Waals surface area contributed by atoms with Crippen molar-refractivity contribution >= 4 is 17.2 Å². The number of hydrogen-bond acceptors (Lipinski definition) is 5. The molecule has 0 spiro atoms. The van der Waals surface area contributed by atoms with Crippen molar-refractivity contribution in [2.45, 2.75) is 57.5 Å². The maximum atomic E-state index is 12.8. The van der Waals surface area contributed by atoms with E-state index in [9.17, 15) is 4.79 Å². The molecular weight excluding hydrogens is 384 g/mol. The average Bonchev–Trinajstić information content (AvgIpc) is 3.33. The fraction of sp³-hybridized carbons (Fsp3) is 0.522. The number of unbranched alkanes of at least 4 members (excludes halogenated alkanes) is 2. The molecule has 1 amide bonds. The molecule has 1 atom stereocenters. The van der Waals surface area contributed by atoms with Gasteiger partial charge < -0.3 is 20.1 Å². The first-order chi connectivity index (χ1) is 13.9. The molecule has 6 heteroatoms. The number of fused-ring (bicyclic) bond motifs is 1. The van der Waals surface area contributed by atoms with Crippen LogP contribution in [0.5, 0.6) is 11.5 Å². The minimum atomic E-state index is -0.257. The highest BCUT2D eigenvalue weighted by Gasteiger charge is 2.30. The molecule has 0 aliphatic carbocycles. The molecule has 0 radical (unpaired) electrons. The van der Waals surface area contributed by atoms with Gasteiger partial charge in [0, 0.05) is 29.1 Å². The number of thiophene rings is 1. The zero-order valence-corrected chi connectivity index (χ0v) is 18.5. The Labute approximate surface area is 177 Å². The molecule has 1 unspecified atom stereocenters. The van der Waals surface area contributed by atoms with Crippen LogP contribution in [0.4, 0.5) is 0 Å². The van der Waals surface area contributed by atoms with Gasteiger partial charge in [0.25, 0.3) is 5.91 Å². The van der Waals surface area contributed by atoms with Gasteiger partial charge in [0.1, 0.15) is 0 Å². The first-order valence-corrected chi connectivity index (χ1v) is 11.2. The van der Waals surface area contributed by atoms with E-state index in [1.165, 1.54) is 17.7 Å². The van der Waals surface area contributed by atoms with Gasteiger partial charge in [-0.1, -0.05) is 18.9 Å². The molecule has 0 bridgehead atoms. The SMILES string of the molecule is COc1cc2c(cc1OC)C(=O)N(CCC(C)(N)CCCCCc1cccs1)C2. The van der Waals surface area contributed by atoms with Crippen LogP contribution in [0, 0.1) is 0 Å². The van der Waals surface area contributed by atoms with Gasteiger partial charge in [-0.15, -0.1) is 11.3 Å². The number of ether oxygens (including phenoxy) is 2. The number of aryl methyl sites for hydroxylation is 1. The van der Waals surface area contributed by atoms with E-state index in [0.29, 0.717) is 30.2 Å². The Morgan fingerprint density at radius 2 is 1.90 bits per heavy atom. The zero-order chi connectivity index (χ0) is 20.9. The van der Waals surface area contributed by atoms with E-state index in [4.69, 9.17) is 15.2 Å². The second-order valence-corrected chi connectivity index (χ2v) is 9.17. The lowest BCUT2D eigenvalue weighted by molar-refractivity contribution is 0.0766. The Morgan fingerprint density at radius 1 is 1.14 bits per heavy atom. The summed E-state index contributed by atoms with van der Waals surface area (Å²) in [6.07, 6.45) is 6.46. The number of nitrogens with two attached hydrogens (primary N) is 1. The highest BCUT2D eigenvalue weighted by Crippen LogP contribution is 2.35. The van der Waals surface area contributed by atoms with E-state index in [1.807, 2.05) is 22.3 Å². The maximum absolute atomic E-state index is 12.8. The van der Waals surface area contributed by atoms with Crippen molar-refractivity contribution in [2.24, 2.45) is 5.73 Å². The summed E-state index contributed by atoms with van der Waals surface area (Å²) in [6, 6.07) is 8.00. The average molecular weight is 417 g/mol. The molecule has 1 aliphatic rings. The number of amides is 1. The van der Waals surface area contributed by atoms with Gasteiger partial charge in [-0.2, -0.15) is 0 Å². The van der Waals surface area contributed by atoms with Crippen LogP contribution in [-0.4, -0.2) is 37.1 Å². The maximum Gasteiger partial charge on any atom is 0.254 e. The highest BCUT2D eigenvalue weighted by molar-refractivity contribution is 7.09. The summed E-state index contributed by atoms with van der Waals surface area (Å²) in [4.78, 5) is 16.1. The van der Waals surface area contributed by atoms with Crippen molar-refractivity contribution < 1.29 is 14.3 Å². The second kappa shape index (κ2) is 9.63. The number of methoxy groups -OCH3 is 2. The van der Waals surface area contributed by atoms with Crippen LogP contribution in [0.15, 0.2) is 29.6 Å². The molecule has 1 aliphatic heterocycles. The first-order valence-electron chi connectivity index (χ1n) is 10.3. The Bertz CT molecular complexity index is 818. The molecular formula is C23H32N2O3S. The molecule has 0 saturated carbocycles. The minimum Gasteiger partial charge on any atom is -0.493 e. The highest BCUT2D eigenvalue weighted by atomic mass is 32.1. The topological polar surface area (TPSA) is 64.8 Å². The largest absolute Gasteiger partial charge is 0.493 e. The summed E-state index contributed by atoms with van der Waals surface area (Å²) in [6.45, 7) is 3.37. The van der Waals surface area contributed by atoms with Crippen LogP contribution in [0.1, 0.15) is 59.8 Å². The summed E-state index contributed by atoms with van der Waals surface area (Å²) in [5.41, 5.74) is 7.97. The molecule has 0 fully saturated rings. The van der Waals surface area contributed by atoms with Crippen molar-refractivity contribution in [3.63, 3.8) is 0 Å². The number of carbonyl (C=O) groups is 1. The number of carbonyl (C=O) groups excluding carboxylic acids is 1. The molecule has 0 saturated heterocycles. The van der Waals surface area contributed by atoms with Crippen LogP contribution in [0.3, 0.4) is 0 Å². The molecule has 158 valence electrons. The van der Waals surface area contributed by atoms with Gasteiger partial charge in [0.05, 0.1) is 14.2 Å². The lowest BCUT2D eigenvalue weighted by Crippen LogP contribution is -2.40. The molecule has 2 aromatic rings. The van der Waals surface area contributed by atoms with E-state index >= 15 is 0 Å². The van der Waals surface area contributed by atoms with Crippen molar-refractivity contribution in [3.8, 4) is 11.5 Å². The predicted molar refractivity (Wildman–Crippen MR) is 118 cm³/mol. The molecule has 3 rings (SSSR count). The number of benzene rings is 1. The van der Waals surface area contributed by atoms with Gasteiger partial charge >= 0.3 is 0 Å². The molecule has 1 aromatic carbocycles. The van der Waals surface area contributed by atoms with Gasteiger partial charge in [-0.25, -0.2) is 0 Å². The summed E-state index contributed by atoms with van der Waals surface area (Å²) in [7, 11) is 3.20. The molecule has 2 N–H and O–H groups in total. The lowest BCUT2D eigenvalue weighted by Gasteiger charge is -2.27. The van der Waals surface area contributed by atoms with E-state index in [1.54, 1.807) is 20.3 Å². The second-order valence-electron chi connectivity index (χ2n) is 8.14. The Morgan fingerprint density at radius 3 is 2.59 bits per heavy atom. The molecule has 2 heterocycles. The monoisotopic (exact) mass is 416 g/mol. The lowest BCUT2D eigenvalue weighted by atomic mass is 9.91. The van der Waals surface area contributed by atoms with E-state index in [2.05, 4.69) is 24.4 Å². The Kier molecular flexibility index (Phi) is 7.19. The smallest absolute Gasteiger partial charge is 0.254 e. The minimum absolute atomic E-state index is 0.0488. The van der Waals surface area contributed by atoms with Crippen LogP contribution < -0.4 is 15.2 Å². The zero-order valence-electron chi connectivity index (χ0n) is 17.7. The van der Waals surface area contributed by atoms with Crippen LogP contribution >= 0.6 is 11.3 Å². The molecule has 1 aromatic heterocycles. The number of nitrogens with zero attached hydrogens (tertiary/aromatic N) is 1. The quantitative estimate of drug-likeness (QED) is 0.542. The van der Waals surface area contributed by atoms with Crippen molar-refractivity contribution in [1.82, 2.24) is 4.90 Å². The van der Waals surface area contributed by atoms with Crippen LogP contribution in [0.25, 0.3) is 0 Å². The Balaban J connectivity index is 1.45. The van der Waals surface area contributed by atoms with Gasteiger partial charge in [0.15, 0.2) is 11.5 Å². The molecule has 29 heavy (non-hydrogen) atoms. The van der Waals surface area contributed by atoms with Gasteiger partial charge in [-0.05, 0) is 61.7 Å². The van der Waals surface area contributed by atoms with E-state index < -0.39 is 0 Å². The standard InChI is InChI=1S/C23H32N2O3S/c1-23(24,10-6-4-5-8-18-9-7-13-29-18)11-12-25-16-17-14-20(27-2)21(28-3)15-19(17)22(25)26/h7,9,13-15H,4-6,8,10-12,16,24H2,1-3H3. The summed E-state index contributed by atoms with van der Waals surface area (Å²) < 4.78 is 10.7. The number of rotatable bonds is 11.